The van der Waals surface area contributed by atoms with Crippen LogP contribution < -0.4 is 5.32 Å². The van der Waals surface area contributed by atoms with E-state index >= 15 is 0 Å². The Morgan fingerprint density at radius 2 is 0.750 bits per heavy atom. The van der Waals surface area contributed by atoms with Crippen molar-refractivity contribution in [3.8, 4) is 0 Å². The molecule has 1 amide bonds. The molecule has 3 fully saturated rings. The largest absolute Gasteiger partial charge is 0.394 e. The zero-order chi connectivity index (χ0) is 66.8. The fourth-order valence-corrected chi connectivity index (χ4v) is 10.7. The molecule has 12 N–H and O–H groups in total. The molecule has 0 spiro atoms. The molecule has 3 heterocycles. The second-order valence-corrected chi connectivity index (χ2v) is 23.9. The Hall–Kier alpha value is -4.07. The number of hydrogen-bond donors (Lipinski definition) is 12. The first kappa shape index (κ1) is 82.2. The molecule has 17 atom stereocenters. The Morgan fingerprint density at radius 1 is 0.402 bits per heavy atom. The number of carbonyl (C=O) groups excluding carboxylic acids is 1. The van der Waals surface area contributed by atoms with Crippen LogP contribution in [0.2, 0.25) is 0 Å². The van der Waals surface area contributed by atoms with E-state index < -0.39 is 124 Å². The first-order valence-electron chi connectivity index (χ1n) is 34.4. The molecule has 0 aliphatic carbocycles. The molecule has 92 heavy (non-hydrogen) atoms. The lowest BCUT2D eigenvalue weighted by Crippen LogP contribution is -2.66. The van der Waals surface area contributed by atoms with Gasteiger partial charge in [0.25, 0.3) is 0 Å². The second kappa shape index (κ2) is 53.1. The molecule has 17 unspecified atom stereocenters. The van der Waals surface area contributed by atoms with Crippen molar-refractivity contribution in [2.45, 2.75) is 291 Å². The van der Waals surface area contributed by atoms with Crippen LogP contribution in [-0.2, 0) is 33.2 Å². The van der Waals surface area contributed by atoms with E-state index in [-0.39, 0.29) is 18.9 Å². The molecular formula is C73H119NO18. The van der Waals surface area contributed by atoms with Gasteiger partial charge in [-0.1, -0.05) is 218 Å². The van der Waals surface area contributed by atoms with E-state index in [0.717, 1.165) is 135 Å². The highest BCUT2D eigenvalue weighted by Gasteiger charge is 2.53. The van der Waals surface area contributed by atoms with Crippen molar-refractivity contribution in [2.75, 3.05) is 26.4 Å². The van der Waals surface area contributed by atoms with Crippen LogP contribution >= 0.6 is 0 Å². The quantitative estimate of drug-likeness (QED) is 0.0200. The number of allylic oxidation sites excluding steroid dienone is 22. The van der Waals surface area contributed by atoms with Crippen molar-refractivity contribution in [1.82, 2.24) is 5.32 Å². The van der Waals surface area contributed by atoms with Gasteiger partial charge >= 0.3 is 0 Å². The monoisotopic (exact) mass is 1300 g/mol. The van der Waals surface area contributed by atoms with Gasteiger partial charge in [-0.25, -0.2) is 0 Å². The summed E-state index contributed by atoms with van der Waals surface area (Å²) in [5.74, 6) is -0.272. The number of unbranched alkanes of at least 4 members (excludes halogenated alkanes) is 12. The van der Waals surface area contributed by atoms with Crippen molar-refractivity contribution < 1.29 is 89.4 Å². The molecule has 0 radical (unpaired) electrons. The van der Waals surface area contributed by atoms with Gasteiger partial charge in [-0.15, -0.1) is 0 Å². The maximum Gasteiger partial charge on any atom is 0.220 e. The van der Waals surface area contributed by atoms with Gasteiger partial charge in [-0.2, -0.15) is 0 Å². The minimum absolute atomic E-state index is 0.234. The summed E-state index contributed by atoms with van der Waals surface area (Å²) in [6.45, 7) is 1.58. The number of aliphatic hydroxyl groups is 11. The van der Waals surface area contributed by atoms with Crippen LogP contribution in [0.4, 0.5) is 0 Å². The summed E-state index contributed by atoms with van der Waals surface area (Å²) in [6.07, 6.45) is 47.2. The summed E-state index contributed by atoms with van der Waals surface area (Å²) in [5.41, 5.74) is 0. The topological polar surface area (TPSA) is 307 Å². The number of ether oxygens (including phenoxy) is 6. The number of carbonyl (C=O) groups is 1. The Balaban J connectivity index is 1.32. The lowest BCUT2D eigenvalue weighted by Gasteiger charge is -2.48. The predicted octanol–water partition coefficient (Wildman–Crippen LogP) is 8.99. The van der Waals surface area contributed by atoms with E-state index in [1.807, 2.05) is 0 Å². The zero-order valence-electron chi connectivity index (χ0n) is 55.2. The van der Waals surface area contributed by atoms with Crippen molar-refractivity contribution in [1.29, 1.82) is 0 Å². The Bertz CT molecular complexity index is 2190. The van der Waals surface area contributed by atoms with Gasteiger partial charge < -0.3 is 89.9 Å². The van der Waals surface area contributed by atoms with Crippen LogP contribution in [0.1, 0.15) is 187 Å². The van der Waals surface area contributed by atoms with E-state index in [2.05, 4.69) is 153 Å². The highest BCUT2D eigenvalue weighted by molar-refractivity contribution is 5.76. The maximum absolute atomic E-state index is 13.3. The third-order valence-electron chi connectivity index (χ3n) is 16.2. The maximum atomic E-state index is 13.3. The summed E-state index contributed by atoms with van der Waals surface area (Å²) < 4.78 is 34.2. The lowest BCUT2D eigenvalue weighted by atomic mass is 9.96. The van der Waals surface area contributed by atoms with Crippen molar-refractivity contribution in [3.63, 3.8) is 0 Å². The minimum atomic E-state index is -1.98. The minimum Gasteiger partial charge on any atom is -0.394 e. The third kappa shape index (κ3) is 34.6. The average molecular weight is 1300 g/mol. The van der Waals surface area contributed by atoms with E-state index in [4.69, 9.17) is 28.4 Å². The summed E-state index contributed by atoms with van der Waals surface area (Å²) in [4.78, 5) is 13.3. The van der Waals surface area contributed by atoms with Gasteiger partial charge in [0, 0.05) is 6.42 Å². The molecule has 3 saturated heterocycles. The lowest BCUT2D eigenvalue weighted by molar-refractivity contribution is -0.379. The second-order valence-electron chi connectivity index (χ2n) is 23.9. The third-order valence-corrected chi connectivity index (χ3v) is 16.2. The van der Waals surface area contributed by atoms with Gasteiger partial charge in [0.05, 0.1) is 38.6 Å². The van der Waals surface area contributed by atoms with Crippen LogP contribution in [0.5, 0.6) is 0 Å². The average Bonchev–Trinajstić information content (AvgIpc) is 0.830. The van der Waals surface area contributed by atoms with E-state index in [1.165, 1.54) is 12.8 Å². The molecule has 3 aliphatic rings. The number of rotatable bonds is 50. The standard InChI is InChI=1S/C73H119NO18/c1-3-5-7-9-11-13-14-15-16-17-18-19-20-21-22-23-24-25-26-27-28-29-30-31-32-33-34-35-36-37-38-39-40-41-42-43-45-47-49-51-61(79)74-56(57(78)50-48-46-44-12-10-8-6-4-2)55-87-71-67(85)64(82)69(59(53-76)89-71)92-73-68(86)65(83)70(60(54-77)90-73)91-72-66(84)63(81)62(80)58(52-75)88-72/h5,7,11,13,15-16,18-19,21-22,24-25,27-28,30-31,33-34,36-37,39-40,56-60,62-73,75-78,80-86H,3-4,6,8-10,12,14,17,20,23,26,29,32,35,38,41-55H2,1-2H3,(H,74,79)/b7-5-,13-11-,16-15-,19-18-,22-21-,25-24-,28-27-,31-30-,34-33-,37-36-,40-39-. The fraction of sp³-hybridized carbons (Fsp3) is 0.685. The Morgan fingerprint density at radius 3 is 1.17 bits per heavy atom. The molecule has 0 aromatic rings. The van der Waals surface area contributed by atoms with Crippen molar-refractivity contribution in [3.05, 3.63) is 134 Å². The predicted molar refractivity (Wildman–Crippen MR) is 359 cm³/mol. The van der Waals surface area contributed by atoms with Crippen LogP contribution in [0.3, 0.4) is 0 Å². The normalized spacial score (nSPS) is 28.6. The van der Waals surface area contributed by atoms with E-state index in [9.17, 15) is 61.0 Å². The fourth-order valence-electron chi connectivity index (χ4n) is 10.7. The van der Waals surface area contributed by atoms with E-state index in [1.54, 1.807) is 0 Å². The van der Waals surface area contributed by atoms with Gasteiger partial charge in [0.1, 0.15) is 73.2 Å². The number of amides is 1. The summed E-state index contributed by atoms with van der Waals surface area (Å²) in [6, 6.07) is -0.905. The van der Waals surface area contributed by atoms with Crippen molar-refractivity contribution >= 4 is 5.91 Å². The molecule has 19 nitrogen and oxygen atoms in total. The van der Waals surface area contributed by atoms with Crippen LogP contribution in [0.15, 0.2) is 134 Å². The van der Waals surface area contributed by atoms with Crippen molar-refractivity contribution in [2.24, 2.45) is 0 Å². The molecular weight excluding hydrogens is 1180 g/mol. The van der Waals surface area contributed by atoms with Crippen LogP contribution in [-0.4, -0.2) is 193 Å². The number of aliphatic hydroxyl groups excluding tert-OH is 11. The summed E-state index contributed by atoms with van der Waals surface area (Å²) in [5, 5.41) is 120. The number of nitrogens with one attached hydrogen (secondary N) is 1. The smallest absolute Gasteiger partial charge is 0.220 e. The molecule has 3 rings (SSSR count). The molecule has 0 bridgehead atoms. The Labute approximate surface area is 550 Å². The zero-order valence-corrected chi connectivity index (χ0v) is 55.2. The first-order valence-corrected chi connectivity index (χ1v) is 34.4. The van der Waals surface area contributed by atoms with Gasteiger partial charge in [0.15, 0.2) is 18.9 Å². The van der Waals surface area contributed by atoms with Gasteiger partial charge in [-0.05, 0) is 96.3 Å². The number of hydrogen-bond acceptors (Lipinski definition) is 18. The van der Waals surface area contributed by atoms with E-state index in [0.29, 0.717) is 19.3 Å². The highest BCUT2D eigenvalue weighted by atomic mass is 16.8. The SMILES string of the molecule is CC/C=C\C/C=C\C/C=C\C/C=C\C/C=C\C/C=C\C/C=C\C/C=C\C/C=C\C/C=C\C/C=C\CCCCCCCC(=O)NC(COC1OC(CO)C(OC2OC(CO)C(OC3OC(CO)C(O)C(O)C3O)C(O)C2O)C(O)C1O)C(O)CCCCCCCCCC. The summed E-state index contributed by atoms with van der Waals surface area (Å²) in [7, 11) is 0. The Kier molecular flexibility index (Phi) is 47.4. The molecule has 0 aromatic carbocycles. The molecule has 3 aliphatic heterocycles. The van der Waals surface area contributed by atoms with Gasteiger partial charge in [-0.3, -0.25) is 4.79 Å². The molecule has 19 heteroatoms. The van der Waals surface area contributed by atoms with Gasteiger partial charge in [0.2, 0.25) is 5.91 Å². The molecule has 524 valence electrons. The molecule has 0 saturated carbocycles. The molecule has 0 aromatic heterocycles. The summed E-state index contributed by atoms with van der Waals surface area (Å²) >= 11 is 0. The first-order chi connectivity index (χ1) is 44.8. The van der Waals surface area contributed by atoms with Crippen LogP contribution in [0, 0.1) is 0 Å². The van der Waals surface area contributed by atoms with Crippen LogP contribution in [0.25, 0.3) is 0 Å². The highest BCUT2D eigenvalue weighted by Crippen LogP contribution is 2.33.